The van der Waals surface area contributed by atoms with Crippen LogP contribution in [0.5, 0.6) is 0 Å². The summed E-state index contributed by atoms with van der Waals surface area (Å²) in [6.45, 7) is 0. The Balaban J connectivity index is 1.38. The van der Waals surface area contributed by atoms with Crippen molar-refractivity contribution in [2.75, 3.05) is 4.90 Å². The predicted molar refractivity (Wildman–Crippen MR) is 189 cm³/mol. The minimum Gasteiger partial charge on any atom is -0.309 e. The molecule has 216 valence electrons. The van der Waals surface area contributed by atoms with Gasteiger partial charge in [-0.2, -0.15) is 0 Å². The standard InChI is InChI=1S/C42H28N4/c1-4-14-29(15-5-1)42-43-27-26-36(44-42)30-24-25-39-35(28-30)40-33-20-10-12-22-37(33)45(31-16-6-2-7-17-31)38-23-13-11-21-34(38)41(40)46(39)32-18-8-3-9-19-32/h1-28H. The molecule has 1 aliphatic rings. The van der Waals surface area contributed by atoms with Crippen molar-refractivity contribution in [1.29, 1.82) is 0 Å². The number of aromatic nitrogens is 3. The molecule has 0 saturated carbocycles. The first-order chi connectivity index (χ1) is 22.8. The quantitative estimate of drug-likeness (QED) is 0.205. The number of fused-ring (bicyclic) bond motifs is 7. The highest BCUT2D eigenvalue weighted by molar-refractivity contribution is 6.13. The Labute approximate surface area is 267 Å². The lowest BCUT2D eigenvalue weighted by atomic mass is 9.97. The van der Waals surface area contributed by atoms with Gasteiger partial charge in [0.15, 0.2) is 5.82 Å². The van der Waals surface area contributed by atoms with Crippen molar-refractivity contribution in [1.82, 2.24) is 14.5 Å². The maximum absolute atomic E-state index is 5.02. The molecule has 0 bridgehead atoms. The Morgan fingerprint density at radius 2 is 1.09 bits per heavy atom. The van der Waals surface area contributed by atoms with Gasteiger partial charge in [-0.05, 0) is 54.6 Å². The zero-order valence-electron chi connectivity index (χ0n) is 25.0. The van der Waals surface area contributed by atoms with Crippen molar-refractivity contribution in [3.05, 3.63) is 170 Å². The molecule has 1 aliphatic heterocycles. The van der Waals surface area contributed by atoms with Gasteiger partial charge in [0, 0.05) is 50.8 Å². The molecular formula is C42H28N4. The monoisotopic (exact) mass is 588 g/mol. The summed E-state index contributed by atoms with van der Waals surface area (Å²) in [5.74, 6) is 0.719. The average Bonchev–Trinajstić information content (AvgIpc) is 3.41. The fourth-order valence-corrected chi connectivity index (χ4v) is 6.80. The van der Waals surface area contributed by atoms with Crippen molar-refractivity contribution in [2.45, 2.75) is 0 Å². The van der Waals surface area contributed by atoms with E-state index in [0.29, 0.717) is 0 Å². The smallest absolute Gasteiger partial charge is 0.159 e. The molecule has 6 aromatic carbocycles. The lowest BCUT2D eigenvalue weighted by Crippen LogP contribution is -2.11. The van der Waals surface area contributed by atoms with Gasteiger partial charge in [0.05, 0.1) is 28.3 Å². The van der Waals surface area contributed by atoms with Crippen molar-refractivity contribution < 1.29 is 0 Å². The van der Waals surface area contributed by atoms with E-state index in [1.165, 1.54) is 27.8 Å². The van der Waals surface area contributed by atoms with Crippen LogP contribution >= 0.6 is 0 Å². The van der Waals surface area contributed by atoms with Gasteiger partial charge in [-0.1, -0.05) is 109 Å². The molecule has 2 aromatic heterocycles. The first-order valence-corrected chi connectivity index (χ1v) is 15.5. The van der Waals surface area contributed by atoms with Gasteiger partial charge in [0.2, 0.25) is 0 Å². The molecule has 0 atom stereocenters. The van der Waals surface area contributed by atoms with Gasteiger partial charge >= 0.3 is 0 Å². The highest BCUT2D eigenvalue weighted by atomic mass is 15.2. The molecule has 46 heavy (non-hydrogen) atoms. The molecule has 3 heterocycles. The van der Waals surface area contributed by atoms with Crippen molar-refractivity contribution in [3.8, 4) is 50.7 Å². The van der Waals surface area contributed by atoms with Crippen LogP contribution in [0.3, 0.4) is 0 Å². The highest BCUT2D eigenvalue weighted by Gasteiger charge is 2.31. The molecule has 0 radical (unpaired) electrons. The van der Waals surface area contributed by atoms with Crippen LogP contribution < -0.4 is 4.90 Å². The fraction of sp³-hybridized carbons (Fsp3) is 0. The number of hydrogen-bond donors (Lipinski definition) is 0. The largest absolute Gasteiger partial charge is 0.309 e. The van der Waals surface area contributed by atoms with Gasteiger partial charge in [0.1, 0.15) is 0 Å². The molecule has 0 saturated heterocycles. The van der Waals surface area contributed by atoms with Crippen LogP contribution in [0.4, 0.5) is 17.1 Å². The maximum Gasteiger partial charge on any atom is 0.159 e. The summed E-state index contributed by atoms with van der Waals surface area (Å²) in [5, 5.41) is 1.17. The van der Waals surface area contributed by atoms with Gasteiger partial charge in [-0.15, -0.1) is 0 Å². The van der Waals surface area contributed by atoms with Crippen LogP contribution in [0.15, 0.2) is 170 Å². The van der Waals surface area contributed by atoms with Crippen LogP contribution in [0, 0.1) is 0 Å². The highest BCUT2D eigenvalue weighted by Crippen LogP contribution is 2.54. The Morgan fingerprint density at radius 3 is 1.83 bits per heavy atom. The Hall–Kier alpha value is -6.26. The third kappa shape index (κ3) is 4.15. The summed E-state index contributed by atoms with van der Waals surface area (Å²) in [4.78, 5) is 12.0. The number of para-hydroxylation sites is 4. The molecule has 0 N–H and O–H groups in total. The van der Waals surface area contributed by atoms with E-state index in [1.807, 2.05) is 30.5 Å². The molecule has 9 rings (SSSR count). The van der Waals surface area contributed by atoms with Crippen LogP contribution in [0.1, 0.15) is 0 Å². The van der Waals surface area contributed by atoms with E-state index in [1.54, 1.807) is 0 Å². The van der Waals surface area contributed by atoms with Crippen molar-refractivity contribution in [2.24, 2.45) is 0 Å². The Morgan fingerprint density at radius 1 is 0.478 bits per heavy atom. The number of anilines is 3. The van der Waals surface area contributed by atoms with E-state index in [2.05, 4.69) is 154 Å². The lowest BCUT2D eigenvalue weighted by molar-refractivity contribution is 1.13. The SMILES string of the molecule is c1ccc(-c2nccc(-c3ccc4c(c3)c3c(n4-c4ccccc4)-c4ccccc4N(c4ccccc4)c4ccccc4-3)n2)cc1. The number of benzene rings is 6. The van der Waals surface area contributed by atoms with E-state index in [0.717, 1.165) is 50.9 Å². The third-order valence-electron chi connectivity index (χ3n) is 8.79. The summed E-state index contributed by atoms with van der Waals surface area (Å²) in [5.41, 5.74) is 13.4. The predicted octanol–water partition coefficient (Wildman–Crippen LogP) is 10.9. The van der Waals surface area contributed by atoms with Gasteiger partial charge in [-0.3, -0.25) is 0 Å². The second kappa shape index (κ2) is 10.7. The minimum atomic E-state index is 0.719. The summed E-state index contributed by atoms with van der Waals surface area (Å²) in [7, 11) is 0. The van der Waals surface area contributed by atoms with Crippen molar-refractivity contribution >= 4 is 28.0 Å². The summed E-state index contributed by atoms with van der Waals surface area (Å²) in [6.07, 6.45) is 1.85. The zero-order valence-corrected chi connectivity index (χ0v) is 25.0. The second-order valence-electron chi connectivity index (χ2n) is 11.5. The molecule has 0 amide bonds. The second-order valence-corrected chi connectivity index (χ2v) is 11.5. The fourth-order valence-electron chi connectivity index (χ4n) is 6.80. The average molecular weight is 589 g/mol. The van der Waals surface area contributed by atoms with E-state index >= 15 is 0 Å². The molecule has 0 aliphatic carbocycles. The third-order valence-corrected chi connectivity index (χ3v) is 8.79. The van der Waals surface area contributed by atoms with Crippen molar-refractivity contribution in [3.63, 3.8) is 0 Å². The van der Waals surface area contributed by atoms with Gasteiger partial charge in [-0.25, -0.2) is 9.97 Å². The topological polar surface area (TPSA) is 34.0 Å². The molecular weight excluding hydrogens is 560 g/mol. The first kappa shape index (κ1) is 26.2. The molecule has 0 fully saturated rings. The van der Waals surface area contributed by atoms with E-state index in [9.17, 15) is 0 Å². The number of hydrogen-bond acceptors (Lipinski definition) is 3. The lowest BCUT2D eigenvalue weighted by Gasteiger charge is -2.27. The molecule has 0 spiro atoms. The van der Waals surface area contributed by atoms with Gasteiger partial charge < -0.3 is 9.47 Å². The normalized spacial score (nSPS) is 11.9. The molecule has 4 heteroatoms. The van der Waals surface area contributed by atoms with Crippen LogP contribution in [-0.4, -0.2) is 14.5 Å². The van der Waals surface area contributed by atoms with Gasteiger partial charge in [0.25, 0.3) is 0 Å². The molecule has 0 unspecified atom stereocenters. The zero-order chi connectivity index (χ0) is 30.5. The first-order valence-electron chi connectivity index (χ1n) is 15.5. The van der Waals surface area contributed by atoms with Crippen LogP contribution in [0.25, 0.3) is 61.6 Å². The minimum absolute atomic E-state index is 0.719. The van der Waals surface area contributed by atoms with E-state index < -0.39 is 0 Å². The molecule has 8 aromatic rings. The summed E-state index contributed by atoms with van der Waals surface area (Å²) >= 11 is 0. The molecule has 4 nitrogen and oxygen atoms in total. The maximum atomic E-state index is 5.02. The van der Waals surface area contributed by atoms with Crippen LogP contribution in [-0.2, 0) is 0 Å². The van der Waals surface area contributed by atoms with E-state index in [-0.39, 0.29) is 0 Å². The van der Waals surface area contributed by atoms with E-state index in [4.69, 9.17) is 4.98 Å². The summed E-state index contributed by atoms with van der Waals surface area (Å²) < 4.78 is 2.42. The summed E-state index contributed by atoms with van der Waals surface area (Å²) in [6, 6.07) is 57.8. The number of nitrogens with zero attached hydrogens (tertiary/aromatic N) is 4. The number of rotatable bonds is 4. The Bertz CT molecular complexity index is 2360. The van der Waals surface area contributed by atoms with Crippen LogP contribution in [0.2, 0.25) is 0 Å². The Kier molecular flexibility index (Phi) is 6.10.